The zero-order chi connectivity index (χ0) is 16.0. The number of methoxy groups -OCH3 is 1. The van der Waals surface area contributed by atoms with Crippen LogP contribution in [0.5, 0.6) is 5.88 Å². The van der Waals surface area contributed by atoms with Crippen LogP contribution in [0.2, 0.25) is 0 Å². The number of anilines is 1. The van der Waals surface area contributed by atoms with Crippen LogP contribution in [0.3, 0.4) is 0 Å². The predicted molar refractivity (Wildman–Crippen MR) is 83.6 cm³/mol. The van der Waals surface area contributed by atoms with Crippen LogP contribution in [0.25, 0.3) is 0 Å². The number of aryl methyl sites for hydroxylation is 1. The van der Waals surface area contributed by atoms with Crippen LogP contribution in [0, 0.1) is 12.8 Å². The van der Waals surface area contributed by atoms with Crippen LogP contribution in [0.4, 0.5) is 5.69 Å². The van der Waals surface area contributed by atoms with Gasteiger partial charge in [0.15, 0.2) is 0 Å². The summed E-state index contributed by atoms with van der Waals surface area (Å²) >= 11 is 0. The lowest BCUT2D eigenvalue weighted by Crippen LogP contribution is -2.44. The average Bonchev–Trinajstić information content (AvgIpc) is 2.38. The molecule has 0 aromatic carbocycles. The topological polar surface area (TPSA) is 60.5 Å². The molecule has 0 aliphatic carbocycles. The summed E-state index contributed by atoms with van der Waals surface area (Å²) in [7, 11) is 1.57. The van der Waals surface area contributed by atoms with Gasteiger partial charge in [0.05, 0.1) is 19.0 Å². The number of hydrogen-bond acceptors (Lipinski definition) is 4. The molecule has 0 radical (unpaired) electrons. The standard InChI is InChI=1S/C16H26N2O3/c1-7-21-16(5,9-11(2)3)15(19)18-13-8-12(4)14(20-6)17-10-13/h8,10-11H,7,9H2,1-6H3,(H,18,19)/t16-/m0/s1. The third kappa shape index (κ3) is 4.70. The van der Waals surface area contributed by atoms with Crippen molar-refractivity contribution in [3.05, 3.63) is 17.8 Å². The summed E-state index contributed by atoms with van der Waals surface area (Å²) < 4.78 is 10.8. The number of carbonyl (C=O) groups excluding carboxylic acids is 1. The van der Waals surface area contributed by atoms with Crippen LogP contribution >= 0.6 is 0 Å². The first-order chi connectivity index (χ1) is 9.82. The van der Waals surface area contributed by atoms with Crippen molar-refractivity contribution in [3.8, 4) is 5.88 Å². The highest BCUT2D eigenvalue weighted by Crippen LogP contribution is 2.24. The maximum atomic E-state index is 12.5. The molecule has 0 aliphatic rings. The molecule has 1 rings (SSSR count). The molecular weight excluding hydrogens is 268 g/mol. The zero-order valence-electron chi connectivity index (χ0n) is 13.8. The summed E-state index contributed by atoms with van der Waals surface area (Å²) in [5, 5.41) is 2.88. The summed E-state index contributed by atoms with van der Waals surface area (Å²) in [6.07, 6.45) is 2.25. The molecule has 5 heteroatoms. The SMILES string of the molecule is CCO[C@@](C)(CC(C)C)C(=O)Nc1cnc(OC)c(C)c1. The second kappa shape index (κ2) is 7.41. The zero-order valence-corrected chi connectivity index (χ0v) is 13.8. The smallest absolute Gasteiger partial charge is 0.256 e. The Morgan fingerprint density at radius 3 is 2.62 bits per heavy atom. The van der Waals surface area contributed by atoms with Gasteiger partial charge in [-0.2, -0.15) is 0 Å². The fourth-order valence-electron chi connectivity index (χ4n) is 2.42. The summed E-state index contributed by atoms with van der Waals surface area (Å²) in [4.78, 5) is 16.7. The first kappa shape index (κ1) is 17.4. The number of rotatable bonds is 7. The van der Waals surface area contributed by atoms with E-state index in [0.717, 1.165) is 5.56 Å². The first-order valence-corrected chi connectivity index (χ1v) is 7.28. The number of carbonyl (C=O) groups is 1. The van der Waals surface area contributed by atoms with Crippen molar-refractivity contribution < 1.29 is 14.3 Å². The molecule has 0 bridgehead atoms. The van der Waals surface area contributed by atoms with Gasteiger partial charge in [0, 0.05) is 12.2 Å². The fraction of sp³-hybridized carbons (Fsp3) is 0.625. The van der Waals surface area contributed by atoms with E-state index in [-0.39, 0.29) is 5.91 Å². The van der Waals surface area contributed by atoms with Gasteiger partial charge in [-0.05, 0) is 39.2 Å². The number of hydrogen-bond donors (Lipinski definition) is 1. The van der Waals surface area contributed by atoms with Crippen LogP contribution in [0.15, 0.2) is 12.3 Å². The lowest BCUT2D eigenvalue weighted by atomic mass is 9.93. The van der Waals surface area contributed by atoms with Crippen molar-refractivity contribution in [1.82, 2.24) is 4.98 Å². The quantitative estimate of drug-likeness (QED) is 0.839. The van der Waals surface area contributed by atoms with E-state index in [9.17, 15) is 4.79 Å². The molecule has 1 aromatic rings. The maximum absolute atomic E-state index is 12.5. The Kier molecular flexibility index (Phi) is 6.15. The molecule has 1 N–H and O–H groups in total. The van der Waals surface area contributed by atoms with Gasteiger partial charge in [-0.1, -0.05) is 13.8 Å². The molecule has 1 heterocycles. The van der Waals surface area contributed by atoms with Gasteiger partial charge in [-0.3, -0.25) is 4.79 Å². The first-order valence-electron chi connectivity index (χ1n) is 7.28. The Balaban J connectivity index is 2.88. The second-order valence-electron chi connectivity index (χ2n) is 5.77. The van der Waals surface area contributed by atoms with Gasteiger partial charge >= 0.3 is 0 Å². The molecule has 118 valence electrons. The number of aromatic nitrogens is 1. The number of nitrogens with zero attached hydrogens (tertiary/aromatic N) is 1. The summed E-state index contributed by atoms with van der Waals surface area (Å²) in [6.45, 7) is 10.3. The van der Waals surface area contributed by atoms with Gasteiger partial charge in [-0.25, -0.2) is 4.98 Å². The van der Waals surface area contributed by atoms with E-state index in [1.54, 1.807) is 13.3 Å². The van der Waals surface area contributed by atoms with Crippen molar-refractivity contribution >= 4 is 11.6 Å². The van der Waals surface area contributed by atoms with E-state index >= 15 is 0 Å². The maximum Gasteiger partial charge on any atom is 0.256 e. The predicted octanol–water partition coefficient (Wildman–Crippen LogP) is 3.18. The molecule has 5 nitrogen and oxygen atoms in total. The highest BCUT2D eigenvalue weighted by Gasteiger charge is 2.34. The lowest BCUT2D eigenvalue weighted by Gasteiger charge is -2.29. The average molecular weight is 294 g/mol. The molecule has 1 atom stereocenters. The molecule has 0 spiro atoms. The normalized spacial score (nSPS) is 13.9. The fourth-order valence-corrected chi connectivity index (χ4v) is 2.42. The molecule has 21 heavy (non-hydrogen) atoms. The largest absolute Gasteiger partial charge is 0.481 e. The second-order valence-corrected chi connectivity index (χ2v) is 5.77. The lowest BCUT2D eigenvalue weighted by molar-refractivity contribution is -0.140. The Hall–Kier alpha value is -1.62. The monoisotopic (exact) mass is 294 g/mol. The van der Waals surface area contributed by atoms with Crippen molar-refractivity contribution in [3.63, 3.8) is 0 Å². The van der Waals surface area contributed by atoms with Crippen molar-refractivity contribution in [2.45, 2.75) is 46.6 Å². The molecule has 0 aliphatic heterocycles. The van der Waals surface area contributed by atoms with Gasteiger partial charge in [0.2, 0.25) is 5.88 Å². The van der Waals surface area contributed by atoms with Crippen LogP contribution in [-0.2, 0) is 9.53 Å². The van der Waals surface area contributed by atoms with E-state index in [1.807, 2.05) is 26.8 Å². The van der Waals surface area contributed by atoms with Crippen molar-refractivity contribution in [2.75, 3.05) is 19.0 Å². The Morgan fingerprint density at radius 2 is 2.14 bits per heavy atom. The van der Waals surface area contributed by atoms with Gasteiger partial charge in [0.1, 0.15) is 5.60 Å². The molecule has 1 aromatic heterocycles. The van der Waals surface area contributed by atoms with E-state index < -0.39 is 5.60 Å². The van der Waals surface area contributed by atoms with Gasteiger partial charge in [0.25, 0.3) is 5.91 Å². The number of amides is 1. The summed E-state index contributed by atoms with van der Waals surface area (Å²) in [5.74, 6) is 0.773. The molecule has 0 unspecified atom stereocenters. The number of ether oxygens (including phenoxy) is 2. The minimum Gasteiger partial charge on any atom is -0.481 e. The van der Waals surface area contributed by atoms with E-state index in [2.05, 4.69) is 24.1 Å². The van der Waals surface area contributed by atoms with E-state index in [1.165, 1.54) is 0 Å². The van der Waals surface area contributed by atoms with E-state index in [0.29, 0.717) is 30.5 Å². The Labute approximate surface area is 127 Å². The minimum atomic E-state index is -0.837. The summed E-state index contributed by atoms with van der Waals surface area (Å²) in [5.41, 5.74) is 0.682. The number of pyridine rings is 1. The highest BCUT2D eigenvalue weighted by atomic mass is 16.5. The summed E-state index contributed by atoms with van der Waals surface area (Å²) in [6, 6.07) is 1.84. The Morgan fingerprint density at radius 1 is 1.48 bits per heavy atom. The Bertz CT molecular complexity index is 488. The van der Waals surface area contributed by atoms with E-state index in [4.69, 9.17) is 9.47 Å². The molecule has 0 fully saturated rings. The number of nitrogens with one attached hydrogen (secondary N) is 1. The molecule has 1 amide bonds. The third-order valence-corrected chi connectivity index (χ3v) is 3.22. The molecular formula is C16H26N2O3. The molecule has 0 saturated heterocycles. The molecule has 0 saturated carbocycles. The minimum absolute atomic E-state index is 0.149. The third-order valence-electron chi connectivity index (χ3n) is 3.22. The van der Waals surface area contributed by atoms with Crippen molar-refractivity contribution in [2.24, 2.45) is 5.92 Å². The van der Waals surface area contributed by atoms with Crippen LogP contribution < -0.4 is 10.1 Å². The van der Waals surface area contributed by atoms with Crippen molar-refractivity contribution in [1.29, 1.82) is 0 Å². The highest BCUT2D eigenvalue weighted by molar-refractivity contribution is 5.97. The van der Waals surface area contributed by atoms with Gasteiger partial charge in [-0.15, -0.1) is 0 Å². The van der Waals surface area contributed by atoms with Crippen LogP contribution in [-0.4, -0.2) is 30.2 Å². The van der Waals surface area contributed by atoms with Gasteiger partial charge < -0.3 is 14.8 Å². The van der Waals surface area contributed by atoms with Crippen LogP contribution in [0.1, 0.15) is 39.7 Å².